The summed E-state index contributed by atoms with van der Waals surface area (Å²) in [4.78, 5) is 26.2. The summed E-state index contributed by atoms with van der Waals surface area (Å²) in [5.41, 5.74) is 3.01. The molecule has 0 radical (unpaired) electrons. The topological polar surface area (TPSA) is 67.8 Å². The van der Waals surface area contributed by atoms with E-state index < -0.39 is 0 Å². The molecule has 26 heavy (non-hydrogen) atoms. The number of anilines is 1. The zero-order valence-electron chi connectivity index (χ0n) is 14.3. The van der Waals surface area contributed by atoms with Gasteiger partial charge in [-0.15, -0.1) is 11.3 Å². The number of carbonyl (C=O) groups is 1. The van der Waals surface area contributed by atoms with E-state index in [4.69, 9.17) is 0 Å². The molecule has 0 bridgehead atoms. The van der Waals surface area contributed by atoms with Gasteiger partial charge in [-0.05, 0) is 37.6 Å². The summed E-state index contributed by atoms with van der Waals surface area (Å²) in [6.45, 7) is 3.84. The highest BCUT2D eigenvalue weighted by Crippen LogP contribution is 2.22. The molecule has 1 aromatic carbocycles. The van der Waals surface area contributed by atoms with Gasteiger partial charge in [0.2, 0.25) is 5.91 Å². The lowest BCUT2D eigenvalue weighted by atomic mass is 10.1. The molecular formula is C18H17BrN4OS2. The number of nitrogens with zero attached hydrogens (tertiary/aromatic N) is 3. The summed E-state index contributed by atoms with van der Waals surface area (Å²) < 4.78 is 1.06. The zero-order valence-corrected chi connectivity index (χ0v) is 17.5. The van der Waals surface area contributed by atoms with Crippen LogP contribution >= 0.6 is 39.0 Å². The minimum atomic E-state index is -0.109. The van der Waals surface area contributed by atoms with E-state index in [1.54, 1.807) is 0 Å². The SMILES string of the molecule is Cc1cc(C)nc(SCC(=O)Nc2ncc(Cc3ccc(Br)cc3)s2)n1. The van der Waals surface area contributed by atoms with E-state index in [0.29, 0.717) is 10.3 Å². The highest BCUT2D eigenvalue weighted by Gasteiger charge is 2.09. The van der Waals surface area contributed by atoms with Crippen molar-refractivity contribution in [1.29, 1.82) is 0 Å². The molecule has 0 saturated carbocycles. The molecule has 5 nitrogen and oxygen atoms in total. The maximum atomic E-state index is 12.1. The van der Waals surface area contributed by atoms with Gasteiger partial charge in [-0.2, -0.15) is 0 Å². The first-order valence-corrected chi connectivity index (χ1v) is 10.5. The molecule has 0 spiro atoms. The lowest BCUT2D eigenvalue weighted by molar-refractivity contribution is -0.113. The van der Waals surface area contributed by atoms with E-state index >= 15 is 0 Å². The Hall–Kier alpha value is -1.77. The maximum absolute atomic E-state index is 12.1. The molecule has 2 aromatic heterocycles. The van der Waals surface area contributed by atoms with Gasteiger partial charge in [0, 0.05) is 33.4 Å². The minimum absolute atomic E-state index is 0.109. The number of amides is 1. The molecule has 1 amide bonds. The Kier molecular flexibility index (Phi) is 6.39. The number of thiazole rings is 1. The number of rotatable bonds is 6. The molecule has 0 aliphatic carbocycles. The molecule has 8 heteroatoms. The van der Waals surface area contributed by atoms with Gasteiger partial charge in [-0.1, -0.05) is 39.8 Å². The van der Waals surface area contributed by atoms with Crippen LogP contribution in [-0.2, 0) is 11.2 Å². The van der Waals surface area contributed by atoms with Crippen molar-refractivity contribution < 1.29 is 4.79 Å². The number of hydrogen-bond donors (Lipinski definition) is 1. The van der Waals surface area contributed by atoms with Gasteiger partial charge in [-0.3, -0.25) is 4.79 Å². The highest BCUT2D eigenvalue weighted by molar-refractivity contribution is 9.10. The van der Waals surface area contributed by atoms with E-state index in [2.05, 4.69) is 48.3 Å². The molecule has 0 aliphatic rings. The van der Waals surface area contributed by atoms with Gasteiger partial charge in [-0.25, -0.2) is 15.0 Å². The molecule has 0 unspecified atom stereocenters. The average molecular weight is 449 g/mol. The summed E-state index contributed by atoms with van der Waals surface area (Å²) in [6.07, 6.45) is 2.61. The predicted molar refractivity (Wildman–Crippen MR) is 110 cm³/mol. The quantitative estimate of drug-likeness (QED) is 0.439. The number of thioether (sulfide) groups is 1. The van der Waals surface area contributed by atoms with Gasteiger partial charge >= 0.3 is 0 Å². The fourth-order valence-electron chi connectivity index (χ4n) is 2.29. The summed E-state index contributed by atoms with van der Waals surface area (Å²) >= 11 is 6.25. The molecule has 0 atom stereocenters. The number of carbonyl (C=O) groups excluding carboxylic acids is 1. The first-order chi connectivity index (χ1) is 12.5. The van der Waals surface area contributed by atoms with Crippen molar-refractivity contribution in [3.8, 4) is 0 Å². The van der Waals surface area contributed by atoms with Crippen LogP contribution in [0.2, 0.25) is 0 Å². The standard InChI is InChI=1S/C18H17BrN4OS2/c1-11-7-12(2)22-18(21-11)25-10-16(24)23-17-20-9-15(26-17)8-13-3-5-14(19)6-4-13/h3-7,9H,8,10H2,1-2H3,(H,20,23,24). The third kappa shape index (κ3) is 5.62. The third-order valence-corrected chi connectivity index (χ3v) is 5.67. The van der Waals surface area contributed by atoms with E-state index in [1.165, 1.54) is 28.7 Å². The largest absolute Gasteiger partial charge is 0.301 e. The monoisotopic (exact) mass is 448 g/mol. The molecule has 0 fully saturated rings. The lowest BCUT2D eigenvalue weighted by Crippen LogP contribution is -2.14. The molecular weight excluding hydrogens is 432 g/mol. The lowest BCUT2D eigenvalue weighted by Gasteiger charge is -2.03. The number of benzene rings is 1. The van der Waals surface area contributed by atoms with Crippen molar-refractivity contribution >= 4 is 50.1 Å². The smallest absolute Gasteiger partial charge is 0.236 e. The molecule has 134 valence electrons. The molecule has 2 heterocycles. The van der Waals surface area contributed by atoms with Crippen molar-refractivity contribution in [2.24, 2.45) is 0 Å². The Balaban J connectivity index is 1.53. The van der Waals surface area contributed by atoms with Gasteiger partial charge in [0.1, 0.15) is 0 Å². The first-order valence-electron chi connectivity index (χ1n) is 7.92. The van der Waals surface area contributed by atoms with Crippen molar-refractivity contribution in [1.82, 2.24) is 15.0 Å². The van der Waals surface area contributed by atoms with Crippen LogP contribution in [-0.4, -0.2) is 26.6 Å². The second kappa shape index (κ2) is 8.75. The summed E-state index contributed by atoms with van der Waals surface area (Å²) in [5, 5.41) is 4.07. The van der Waals surface area contributed by atoms with Crippen molar-refractivity contribution in [2.45, 2.75) is 25.4 Å². The Morgan fingerprint density at radius 2 is 1.88 bits per heavy atom. The number of hydrogen-bond acceptors (Lipinski definition) is 6. The van der Waals surface area contributed by atoms with Crippen LogP contribution in [0.1, 0.15) is 21.8 Å². The zero-order chi connectivity index (χ0) is 18.5. The van der Waals surface area contributed by atoms with Gasteiger partial charge < -0.3 is 5.32 Å². The Morgan fingerprint density at radius 3 is 2.58 bits per heavy atom. The molecule has 0 aliphatic heterocycles. The summed E-state index contributed by atoms with van der Waals surface area (Å²) in [7, 11) is 0. The van der Waals surface area contributed by atoms with Crippen LogP contribution in [0, 0.1) is 13.8 Å². The molecule has 3 aromatic rings. The second-order valence-electron chi connectivity index (χ2n) is 5.71. The second-order valence-corrected chi connectivity index (χ2v) is 8.68. The fourth-order valence-corrected chi connectivity index (χ4v) is 4.17. The van der Waals surface area contributed by atoms with Crippen LogP contribution in [0.15, 0.2) is 46.2 Å². The van der Waals surface area contributed by atoms with E-state index in [9.17, 15) is 4.79 Å². The predicted octanol–water partition coefficient (Wildman–Crippen LogP) is 4.63. The Labute approximate surface area is 168 Å². The molecule has 0 saturated heterocycles. The number of nitrogens with one attached hydrogen (secondary N) is 1. The Morgan fingerprint density at radius 1 is 1.19 bits per heavy atom. The average Bonchev–Trinajstić information content (AvgIpc) is 3.01. The van der Waals surface area contributed by atoms with Crippen molar-refractivity contribution in [2.75, 3.05) is 11.1 Å². The van der Waals surface area contributed by atoms with Gasteiger partial charge in [0.15, 0.2) is 10.3 Å². The van der Waals surface area contributed by atoms with Crippen LogP contribution in [0.5, 0.6) is 0 Å². The van der Waals surface area contributed by atoms with Crippen LogP contribution in [0.25, 0.3) is 0 Å². The van der Waals surface area contributed by atoms with Gasteiger partial charge in [0.25, 0.3) is 0 Å². The van der Waals surface area contributed by atoms with Crippen molar-refractivity contribution in [3.63, 3.8) is 0 Å². The number of halogens is 1. The third-order valence-electron chi connectivity index (χ3n) is 3.39. The van der Waals surface area contributed by atoms with E-state index in [1.807, 2.05) is 38.2 Å². The summed E-state index contributed by atoms with van der Waals surface area (Å²) in [6, 6.07) is 10.1. The first kappa shape index (κ1) is 19.0. The van der Waals surface area contributed by atoms with E-state index in [-0.39, 0.29) is 11.7 Å². The highest BCUT2D eigenvalue weighted by atomic mass is 79.9. The fraction of sp³-hybridized carbons (Fsp3) is 0.222. The molecule has 1 N–H and O–H groups in total. The van der Waals surface area contributed by atoms with E-state index in [0.717, 1.165) is 27.2 Å². The van der Waals surface area contributed by atoms with Crippen molar-refractivity contribution in [3.05, 3.63) is 62.8 Å². The maximum Gasteiger partial charge on any atom is 0.236 e. The van der Waals surface area contributed by atoms with Gasteiger partial charge in [0.05, 0.1) is 5.75 Å². The number of aromatic nitrogens is 3. The number of aryl methyl sites for hydroxylation is 2. The normalized spacial score (nSPS) is 10.7. The Bertz CT molecular complexity index is 892. The minimum Gasteiger partial charge on any atom is -0.301 e. The van der Waals surface area contributed by atoms with Crippen LogP contribution < -0.4 is 5.32 Å². The summed E-state index contributed by atoms with van der Waals surface area (Å²) in [5.74, 6) is 0.146. The molecule has 3 rings (SSSR count). The van der Waals surface area contributed by atoms with Crippen LogP contribution in [0.4, 0.5) is 5.13 Å². The van der Waals surface area contributed by atoms with Crippen LogP contribution in [0.3, 0.4) is 0 Å².